The molecule has 16 heavy (non-hydrogen) atoms. The van der Waals surface area contributed by atoms with Gasteiger partial charge in [-0.2, -0.15) is 0 Å². The fourth-order valence-electron chi connectivity index (χ4n) is 1.88. The van der Waals surface area contributed by atoms with Crippen LogP contribution in [-0.4, -0.2) is 41.6 Å². The third-order valence-corrected chi connectivity index (χ3v) is 2.99. The zero-order valence-electron chi connectivity index (χ0n) is 9.61. The molecule has 1 aromatic heterocycles. The van der Waals surface area contributed by atoms with Gasteiger partial charge in [-0.15, -0.1) is 11.6 Å². The third kappa shape index (κ3) is 2.44. The average Bonchev–Trinajstić information content (AvgIpc) is 2.27. The lowest BCUT2D eigenvalue weighted by Crippen LogP contribution is -2.47. The second kappa shape index (κ2) is 4.97. The van der Waals surface area contributed by atoms with Crippen LogP contribution in [0.25, 0.3) is 0 Å². The van der Waals surface area contributed by atoms with Gasteiger partial charge in [-0.25, -0.2) is 9.97 Å². The molecule has 4 nitrogen and oxygen atoms in total. The molecule has 0 aromatic carbocycles. The summed E-state index contributed by atoms with van der Waals surface area (Å²) in [4.78, 5) is 11.0. The molecule has 1 fully saturated rings. The number of nitrogens with zero attached hydrogens (tertiary/aromatic N) is 3. The first-order chi connectivity index (χ1) is 7.70. The van der Waals surface area contributed by atoms with Crippen molar-refractivity contribution in [1.82, 2.24) is 9.97 Å². The number of halogens is 1. The predicted octanol–water partition coefficient (Wildman–Crippen LogP) is 1.54. The molecular formula is C11H16ClN3O. The van der Waals surface area contributed by atoms with Crippen LogP contribution in [0.5, 0.6) is 0 Å². The van der Waals surface area contributed by atoms with Gasteiger partial charge in [0.1, 0.15) is 0 Å². The molecule has 2 rings (SSSR count). The summed E-state index contributed by atoms with van der Waals surface area (Å²) in [7, 11) is 0. The van der Waals surface area contributed by atoms with E-state index >= 15 is 0 Å². The highest BCUT2D eigenvalue weighted by Crippen LogP contribution is 2.17. The molecule has 0 spiro atoms. The van der Waals surface area contributed by atoms with Crippen LogP contribution in [0.3, 0.4) is 0 Å². The lowest BCUT2D eigenvalue weighted by Gasteiger charge is -2.34. The maximum absolute atomic E-state index is 5.93. The molecule has 1 saturated heterocycles. The second-order valence-corrected chi connectivity index (χ2v) is 4.34. The zero-order valence-corrected chi connectivity index (χ0v) is 10.4. The van der Waals surface area contributed by atoms with Gasteiger partial charge in [-0.1, -0.05) is 0 Å². The van der Waals surface area contributed by atoms with Gasteiger partial charge < -0.3 is 9.64 Å². The van der Waals surface area contributed by atoms with Crippen LogP contribution in [0.15, 0.2) is 6.07 Å². The summed E-state index contributed by atoms with van der Waals surface area (Å²) >= 11 is 5.93. The highest BCUT2D eigenvalue weighted by Gasteiger charge is 2.24. The van der Waals surface area contributed by atoms with Crippen LogP contribution in [0.1, 0.15) is 11.4 Å². The number of hydrogen-bond acceptors (Lipinski definition) is 4. The number of aromatic nitrogens is 2. The molecule has 1 unspecified atom stereocenters. The van der Waals surface area contributed by atoms with Crippen LogP contribution >= 0.6 is 11.6 Å². The molecule has 0 aliphatic carbocycles. The molecule has 0 saturated carbocycles. The van der Waals surface area contributed by atoms with Crippen molar-refractivity contribution in [3.63, 3.8) is 0 Å². The first kappa shape index (κ1) is 11.6. The molecule has 1 atom stereocenters. The van der Waals surface area contributed by atoms with E-state index in [-0.39, 0.29) is 6.04 Å². The Labute approximate surface area is 101 Å². The Morgan fingerprint density at radius 1 is 1.44 bits per heavy atom. The first-order valence-corrected chi connectivity index (χ1v) is 5.97. The minimum absolute atomic E-state index is 0.177. The monoisotopic (exact) mass is 241 g/mol. The number of rotatable bonds is 2. The number of hydrogen-bond donors (Lipinski definition) is 0. The molecule has 0 N–H and O–H groups in total. The number of ether oxygens (including phenoxy) is 1. The lowest BCUT2D eigenvalue weighted by molar-refractivity contribution is 0.0989. The Bertz CT molecular complexity index is 352. The molecule has 0 radical (unpaired) electrons. The van der Waals surface area contributed by atoms with E-state index in [1.165, 1.54) is 0 Å². The molecule has 0 bridgehead atoms. The Kier molecular flexibility index (Phi) is 3.61. The van der Waals surface area contributed by atoms with Crippen LogP contribution in [0.2, 0.25) is 0 Å². The largest absolute Gasteiger partial charge is 0.377 e. The van der Waals surface area contributed by atoms with E-state index in [2.05, 4.69) is 14.9 Å². The molecule has 2 heterocycles. The Hall–Kier alpha value is -0.870. The van der Waals surface area contributed by atoms with Gasteiger partial charge in [-0.3, -0.25) is 0 Å². The van der Waals surface area contributed by atoms with Crippen LogP contribution in [0, 0.1) is 13.8 Å². The topological polar surface area (TPSA) is 38.2 Å². The summed E-state index contributed by atoms with van der Waals surface area (Å²) in [5.74, 6) is 1.31. The standard InChI is InChI=1S/C11H16ClN3O/c1-8-5-9(2)14-11(13-8)15-3-4-16-7-10(15)6-12/h5,10H,3-4,6-7H2,1-2H3. The summed E-state index contributed by atoms with van der Waals surface area (Å²) in [6.45, 7) is 6.13. The van der Waals surface area contributed by atoms with Gasteiger partial charge in [-0.05, 0) is 19.9 Å². The Morgan fingerprint density at radius 3 is 2.75 bits per heavy atom. The molecule has 88 valence electrons. The maximum Gasteiger partial charge on any atom is 0.226 e. The minimum Gasteiger partial charge on any atom is -0.377 e. The maximum atomic E-state index is 5.93. The van der Waals surface area contributed by atoms with Gasteiger partial charge in [0.15, 0.2) is 0 Å². The normalized spacial score (nSPS) is 21.2. The molecule has 1 aliphatic heterocycles. The molecule has 1 aromatic rings. The fraction of sp³-hybridized carbons (Fsp3) is 0.636. The second-order valence-electron chi connectivity index (χ2n) is 4.03. The van der Waals surface area contributed by atoms with E-state index in [9.17, 15) is 0 Å². The van der Waals surface area contributed by atoms with E-state index < -0.39 is 0 Å². The number of aryl methyl sites for hydroxylation is 2. The van der Waals surface area contributed by atoms with Crippen molar-refractivity contribution >= 4 is 17.5 Å². The van der Waals surface area contributed by atoms with Gasteiger partial charge in [0.25, 0.3) is 0 Å². The van der Waals surface area contributed by atoms with Crippen molar-refractivity contribution in [2.75, 3.05) is 30.5 Å². The molecule has 1 aliphatic rings. The van der Waals surface area contributed by atoms with Crippen molar-refractivity contribution in [3.05, 3.63) is 17.5 Å². The van der Waals surface area contributed by atoms with E-state index in [0.717, 1.165) is 23.9 Å². The molecule has 0 amide bonds. The molecule has 5 heteroatoms. The highest BCUT2D eigenvalue weighted by molar-refractivity contribution is 6.18. The van der Waals surface area contributed by atoms with E-state index in [0.29, 0.717) is 19.1 Å². The quantitative estimate of drug-likeness (QED) is 0.737. The minimum atomic E-state index is 0.177. The first-order valence-electron chi connectivity index (χ1n) is 5.43. The van der Waals surface area contributed by atoms with Crippen molar-refractivity contribution in [2.45, 2.75) is 19.9 Å². The SMILES string of the molecule is Cc1cc(C)nc(N2CCOCC2CCl)n1. The summed E-state index contributed by atoms with van der Waals surface area (Å²) < 4.78 is 5.40. The average molecular weight is 242 g/mol. The lowest BCUT2D eigenvalue weighted by atomic mass is 10.2. The zero-order chi connectivity index (χ0) is 11.5. The van der Waals surface area contributed by atoms with Crippen LogP contribution in [0.4, 0.5) is 5.95 Å². The van der Waals surface area contributed by atoms with Gasteiger partial charge in [0.2, 0.25) is 5.95 Å². The van der Waals surface area contributed by atoms with Crippen molar-refractivity contribution < 1.29 is 4.74 Å². The fourth-order valence-corrected chi connectivity index (χ4v) is 2.14. The van der Waals surface area contributed by atoms with E-state index in [1.54, 1.807) is 0 Å². The Morgan fingerprint density at radius 2 is 2.12 bits per heavy atom. The van der Waals surface area contributed by atoms with Crippen LogP contribution < -0.4 is 4.90 Å². The van der Waals surface area contributed by atoms with E-state index in [4.69, 9.17) is 16.3 Å². The van der Waals surface area contributed by atoms with Crippen LogP contribution in [-0.2, 0) is 4.74 Å². The summed E-state index contributed by atoms with van der Waals surface area (Å²) in [5.41, 5.74) is 1.98. The smallest absolute Gasteiger partial charge is 0.226 e. The van der Waals surface area contributed by atoms with Gasteiger partial charge in [0, 0.05) is 23.8 Å². The number of anilines is 1. The number of morpholine rings is 1. The summed E-state index contributed by atoms with van der Waals surface area (Å²) in [6.07, 6.45) is 0. The Balaban J connectivity index is 2.26. The van der Waals surface area contributed by atoms with Gasteiger partial charge in [0.05, 0.1) is 19.3 Å². The number of alkyl halides is 1. The van der Waals surface area contributed by atoms with Crippen molar-refractivity contribution in [3.8, 4) is 0 Å². The highest BCUT2D eigenvalue weighted by atomic mass is 35.5. The van der Waals surface area contributed by atoms with Crippen molar-refractivity contribution in [2.24, 2.45) is 0 Å². The van der Waals surface area contributed by atoms with E-state index in [1.807, 2.05) is 19.9 Å². The third-order valence-electron chi connectivity index (χ3n) is 2.63. The van der Waals surface area contributed by atoms with Crippen molar-refractivity contribution in [1.29, 1.82) is 0 Å². The van der Waals surface area contributed by atoms with Gasteiger partial charge >= 0.3 is 0 Å². The predicted molar refractivity (Wildman–Crippen MR) is 64.2 cm³/mol. The summed E-state index contributed by atoms with van der Waals surface area (Å²) in [6, 6.07) is 2.15. The molecular weight excluding hydrogens is 226 g/mol. The summed E-state index contributed by atoms with van der Waals surface area (Å²) in [5, 5.41) is 0.